The van der Waals surface area contributed by atoms with Crippen LogP contribution in [0, 0.1) is 6.92 Å². The number of aryl methyl sites for hydroxylation is 1. The molecular formula is C12H12BrN3O. The van der Waals surface area contributed by atoms with Crippen molar-refractivity contribution in [3.05, 3.63) is 52.0 Å². The lowest BCUT2D eigenvalue weighted by molar-refractivity contribution is 0.0946. The molecule has 1 amide bonds. The number of nitrogens with zero attached hydrogens (tertiary/aromatic N) is 1. The van der Waals surface area contributed by atoms with Gasteiger partial charge in [0.25, 0.3) is 5.91 Å². The second-order valence-electron chi connectivity index (χ2n) is 3.68. The van der Waals surface area contributed by atoms with E-state index in [1.54, 1.807) is 18.5 Å². The number of hydrogen-bond acceptors (Lipinski definition) is 2. The Morgan fingerprint density at radius 3 is 3.06 bits per heavy atom. The quantitative estimate of drug-likeness (QED) is 0.913. The fraction of sp³-hybridized carbons (Fsp3) is 0.167. The fourth-order valence-electron chi connectivity index (χ4n) is 1.46. The molecule has 0 aliphatic carbocycles. The van der Waals surface area contributed by atoms with Gasteiger partial charge in [-0.25, -0.2) is 0 Å². The highest BCUT2D eigenvalue weighted by Crippen LogP contribution is 2.10. The minimum absolute atomic E-state index is 0.138. The van der Waals surface area contributed by atoms with E-state index >= 15 is 0 Å². The van der Waals surface area contributed by atoms with Gasteiger partial charge in [0.05, 0.1) is 12.2 Å². The monoisotopic (exact) mass is 293 g/mol. The molecule has 0 unspecified atom stereocenters. The Hall–Kier alpha value is -1.62. The molecule has 4 nitrogen and oxygen atoms in total. The summed E-state index contributed by atoms with van der Waals surface area (Å²) in [6.45, 7) is 2.40. The summed E-state index contributed by atoms with van der Waals surface area (Å²) >= 11 is 3.28. The molecule has 0 saturated carbocycles. The van der Waals surface area contributed by atoms with Crippen molar-refractivity contribution in [1.29, 1.82) is 0 Å². The van der Waals surface area contributed by atoms with Crippen molar-refractivity contribution in [3.63, 3.8) is 0 Å². The summed E-state index contributed by atoms with van der Waals surface area (Å²) in [7, 11) is 0. The summed E-state index contributed by atoms with van der Waals surface area (Å²) < 4.78 is 0.858. The molecule has 5 heteroatoms. The Morgan fingerprint density at radius 2 is 2.41 bits per heavy atom. The summed E-state index contributed by atoms with van der Waals surface area (Å²) in [5.74, 6) is -0.138. The van der Waals surface area contributed by atoms with Crippen LogP contribution in [-0.4, -0.2) is 15.9 Å². The number of nitrogens with one attached hydrogen (secondary N) is 2. The fourth-order valence-corrected chi connectivity index (χ4v) is 1.81. The van der Waals surface area contributed by atoms with E-state index in [2.05, 4.69) is 31.2 Å². The first-order chi connectivity index (χ1) is 8.16. The molecule has 17 heavy (non-hydrogen) atoms. The van der Waals surface area contributed by atoms with Crippen LogP contribution in [-0.2, 0) is 6.54 Å². The van der Waals surface area contributed by atoms with Gasteiger partial charge in [0.15, 0.2) is 0 Å². The van der Waals surface area contributed by atoms with Crippen LogP contribution in [0.3, 0.4) is 0 Å². The molecule has 2 heterocycles. The van der Waals surface area contributed by atoms with Crippen LogP contribution in [0.5, 0.6) is 0 Å². The standard InChI is InChI=1S/C12H12BrN3O/c1-8-3-2-4-14-11(8)7-16-12(17)10-5-9(13)6-15-10/h2-6,15H,7H2,1H3,(H,16,17). The van der Waals surface area contributed by atoms with Gasteiger partial charge in [-0.2, -0.15) is 0 Å². The van der Waals surface area contributed by atoms with Crippen molar-refractivity contribution >= 4 is 21.8 Å². The summed E-state index contributed by atoms with van der Waals surface area (Å²) in [5.41, 5.74) is 2.48. The maximum atomic E-state index is 11.8. The Labute approximate surface area is 108 Å². The van der Waals surface area contributed by atoms with Crippen LogP contribution in [0.25, 0.3) is 0 Å². The van der Waals surface area contributed by atoms with Gasteiger partial charge in [-0.1, -0.05) is 6.07 Å². The van der Waals surface area contributed by atoms with Crippen LogP contribution < -0.4 is 5.32 Å². The van der Waals surface area contributed by atoms with Gasteiger partial charge in [0, 0.05) is 16.9 Å². The summed E-state index contributed by atoms with van der Waals surface area (Å²) in [5, 5.41) is 2.82. The number of carbonyl (C=O) groups excluding carboxylic acids is 1. The molecule has 2 aromatic rings. The molecule has 2 N–H and O–H groups in total. The number of pyridine rings is 1. The predicted molar refractivity (Wildman–Crippen MR) is 68.6 cm³/mol. The van der Waals surface area contributed by atoms with Crippen molar-refractivity contribution in [1.82, 2.24) is 15.3 Å². The predicted octanol–water partition coefficient (Wildman–Crippen LogP) is 2.41. The minimum atomic E-state index is -0.138. The number of rotatable bonds is 3. The largest absolute Gasteiger partial charge is 0.356 e. The number of hydrogen-bond donors (Lipinski definition) is 2. The second kappa shape index (κ2) is 5.14. The Morgan fingerprint density at radius 1 is 1.59 bits per heavy atom. The van der Waals surface area contributed by atoms with Crippen molar-refractivity contribution < 1.29 is 4.79 Å². The third kappa shape index (κ3) is 2.94. The van der Waals surface area contributed by atoms with Crippen molar-refractivity contribution in [2.75, 3.05) is 0 Å². The molecule has 0 saturated heterocycles. The molecule has 0 aliphatic heterocycles. The van der Waals surface area contributed by atoms with E-state index in [0.717, 1.165) is 15.7 Å². The lowest BCUT2D eigenvalue weighted by atomic mass is 10.2. The first kappa shape index (κ1) is 11.9. The van der Waals surface area contributed by atoms with Crippen LogP contribution >= 0.6 is 15.9 Å². The average molecular weight is 294 g/mol. The topological polar surface area (TPSA) is 57.8 Å². The lowest BCUT2D eigenvalue weighted by Gasteiger charge is -2.05. The van der Waals surface area contributed by atoms with E-state index in [4.69, 9.17) is 0 Å². The van der Waals surface area contributed by atoms with Gasteiger partial charge < -0.3 is 10.3 Å². The summed E-state index contributed by atoms with van der Waals surface area (Å²) in [6.07, 6.45) is 3.45. The van der Waals surface area contributed by atoms with Crippen molar-refractivity contribution in [2.24, 2.45) is 0 Å². The lowest BCUT2D eigenvalue weighted by Crippen LogP contribution is -2.24. The van der Waals surface area contributed by atoms with Crippen LogP contribution in [0.15, 0.2) is 35.1 Å². The smallest absolute Gasteiger partial charge is 0.268 e. The first-order valence-electron chi connectivity index (χ1n) is 5.19. The van der Waals surface area contributed by atoms with E-state index in [-0.39, 0.29) is 5.91 Å². The number of carbonyl (C=O) groups is 1. The van der Waals surface area contributed by atoms with Crippen LogP contribution in [0.4, 0.5) is 0 Å². The zero-order valence-corrected chi connectivity index (χ0v) is 10.9. The Kier molecular flexibility index (Phi) is 3.58. The normalized spacial score (nSPS) is 10.2. The first-order valence-corrected chi connectivity index (χ1v) is 5.99. The van der Waals surface area contributed by atoms with E-state index in [1.165, 1.54) is 0 Å². The molecule has 88 valence electrons. The number of halogens is 1. The van der Waals surface area contributed by atoms with Crippen LogP contribution in [0.1, 0.15) is 21.7 Å². The Balaban J connectivity index is 1.99. The van der Waals surface area contributed by atoms with Gasteiger partial charge in [-0.3, -0.25) is 9.78 Å². The van der Waals surface area contributed by atoms with E-state index < -0.39 is 0 Å². The van der Waals surface area contributed by atoms with E-state index in [9.17, 15) is 4.79 Å². The third-order valence-corrected chi connectivity index (χ3v) is 2.88. The van der Waals surface area contributed by atoms with Gasteiger partial charge in [-0.05, 0) is 40.5 Å². The highest BCUT2D eigenvalue weighted by molar-refractivity contribution is 9.10. The average Bonchev–Trinajstić information content (AvgIpc) is 2.74. The molecule has 2 aromatic heterocycles. The third-order valence-electron chi connectivity index (χ3n) is 2.43. The Bertz CT molecular complexity index is 536. The van der Waals surface area contributed by atoms with Crippen molar-refractivity contribution in [2.45, 2.75) is 13.5 Å². The number of aromatic nitrogens is 2. The zero-order chi connectivity index (χ0) is 12.3. The van der Waals surface area contributed by atoms with Crippen molar-refractivity contribution in [3.8, 4) is 0 Å². The van der Waals surface area contributed by atoms with Gasteiger partial charge in [0.1, 0.15) is 5.69 Å². The summed E-state index contributed by atoms with van der Waals surface area (Å²) in [4.78, 5) is 18.8. The molecule has 0 aliphatic rings. The molecule has 0 bridgehead atoms. The molecule has 0 fully saturated rings. The molecule has 0 atom stereocenters. The second-order valence-corrected chi connectivity index (χ2v) is 4.60. The number of amides is 1. The van der Waals surface area contributed by atoms with Gasteiger partial charge >= 0.3 is 0 Å². The molecule has 0 radical (unpaired) electrons. The van der Waals surface area contributed by atoms with Gasteiger partial charge in [-0.15, -0.1) is 0 Å². The van der Waals surface area contributed by atoms with Crippen LogP contribution in [0.2, 0.25) is 0 Å². The molecule has 2 rings (SSSR count). The number of aromatic amines is 1. The van der Waals surface area contributed by atoms with Gasteiger partial charge in [0.2, 0.25) is 0 Å². The molecule has 0 spiro atoms. The maximum absolute atomic E-state index is 11.8. The minimum Gasteiger partial charge on any atom is -0.356 e. The zero-order valence-electron chi connectivity index (χ0n) is 9.33. The molecule has 0 aromatic carbocycles. The number of H-pyrrole nitrogens is 1. The highest BCUT2D eigenvalue weighted by atomic mass is 79.9. The van der Waals surface area contributed by atoms with E-state index in [1.807, 2.05) is 19.1 Å². The maximum Gasteiger partial charge on any atom is 0.268 e. The SMILES string of the molecule is Cc1cccnc1CNC(=O)c1cc(Br)c[nH]1. The summed E-state index contributed by atoms with van der Waals surface area (Å²) in [6, 6.07) is 5.59. The highest BCUT2D eigenvalue weighted by Gasteiger charge is 2.08. The van der Waals surface area contributed by atoms with E-state index in [0.29, 0.717) is 12.2 Å². The molecular weight excluding hydrogens is 282 g/mol.